The maximum atomic E-state index is 12.0. The summed E-state index contributed by atoms with van der Waals surface area (Å²) in [6.07, 6.45) is -3.94. The van der Waals surface area contributed by atoms with Crippen LogP contribution in [0.2, 0.25) is 0 Å². The maximum absolute atomic E-state index is 12.0. The number of benzene rings is 1. The van der Waals surface area contributed by atoms with E-state index in [-0.39, 0.29) is 18.2 Å². The van der Waals surface area contributed by atoms with Gasteiger partial charge >= 0.3 is 6.36 Å². The van der Waals surface area contributed by atoms with Crippen LogP contribution in [0.1, 0.15) is 30.0 Å². The third kappa shape index (κ3) is 4.68. The van der Waals surface area contributed by atoms with E-state index in [9.17, 15) is 13.2 Å². The molecule has 3 nitrogen and oxygen atoms in total. The molecule has 116 valence electrons. The molecule has 0 saturated heterocycles. The molecule has 1 atom stereocenters. The second-order valence-electron chi connectivity index (χ2n) is 4.25. The van der Waals surface area contributed by atoms with Gasteiger partial charge in [-0.2, -0.15) is 0 Å². The van der Waals surface area contributed by atoms with Crippen molar-refractivity contribution in [1.29, 1.82) is 0 Å². The summed E-state index contributed by atoms with van der Waals surface area (Å²) in [6.45, 7) is 1.96. The summed E-state index contributed by atoms with van der Waals surface area (Å²) in [5.41, 5.74) is 6.65. The summed E-state index contributed by atoms with van der Waals surface area (Å²) in [5, 5.41) is 0. The number of alkyl halides is 3. The van der Waals surface area contributed by atoms with Crippen LogP contribution < -0.4 is 10.5 Å². The first-order valence-corrected chi connectivity index (χ1v) is 6.09. The number of aryl methyl sites for hydroxylation is 1. The molecule has 0 amide bonds. The first kappa shape index (κ1) is 17.4. The Labute approximate surface area is 126 Å². The van der Waals surface area contributed by atoms with E-state index in [1.807, 2.05) is 13.0 Å². The molecule has 21 heavy (non-hydrogen) atoms. The van der Waals surface area contributed by atoms with Gasteiger partial charge in [0, 0.05) is 6.42 Å². The minimum Gasteiger partial charge on any atom is -0.464 e. The number of halogens is 4. The number of rotatable bonds is 4. The zero-order valence-electron chi connectivity index (χ0n) is 11.2. The van der Waals surface area contributed by atoms with Crippen molar-refractivity contribution in [1.82, 2.24) is 0 Å². The van der Waals surface area contributed by atoms with Crippen molar-refractivity contribution in [2.45, 2.75) is 25.7 Å². The summed E-state index contributed by atoms with van der Waals surface area (Å²) < 4.78 is 45.5. The highest BCUT2D eigenvalue weighted by molar-refractivity contribution is 5.85. The van der Waals surface area contributed by atoms with Crippen LogP contribution in [-0.2, 0) is 6.42 Å². The molecule has 0 unspecified atom stereocenters. The number of nitrogens with two attached hydrogens (primary N) is 1. The summed E-state index contributed by atoms with van der Waals surface area (Å²) in [4.78, 5) is 0. The Balaban J connectivity index is 0.00000220. The van der Waals surface area contributed by atoms with Crippen LogP contribution in [0.25, 0.3) is 0 Å². The number of ether oxygens (including phenoxy) is 1. The summed E-state index contributed by atoms with van der Waals surface area (Å²) in [6, 6.07) is 8.51. The molecular weight excluding hydrogens is 307 g/mol. The van der Waals surface area contributed by atoms with Crippen LogP contribution in [-0.4, -0.2) is 6.36 Å². The average Bonchev–Trinajstić information content (AvgIpc) is 2.85. The third-order valence-corrected chi connectivity index (χ3v) is 2.81. The van der Waals surface area contributed by atoms with Crippen LogP contribution in [0.4, 0.5) is 13.2 Å². The first-order valence-electron chi connectivity index (χ1n) is 6.09. The molecule has 0 aliphatic carbocycles. The Morgan fingerprint density at radius 1 is 1.14 bits per heavy atom. The molecule has 1 aromatic heterocycles. The van der Waals surface area contributed by atoms with Crippen molar-refractivity contribution in [3.63, 3.8) is 0 Å². The number of hydrogen-bond acceptors (Lipinski definition) is 3. The molecule has 2 N–H and O–H groups in total. The molecule has 2 rings (SSSR count). The summed E-state index contributed by atoms with van der Waals surface area (Å²) in [7, 11) is 0. The SMILES string of the molecule is CCc1ccc([C@@H](N)c2ccc(OC(F)(F)F)cc2)o1.Cl. The van der Waals surface area contributed by atoms with Crippen LogP contribution in [0.5, 0.6) is 5.75 Å². The zero-order chi connectivity index (χ0) is 14.8. The van der Waals surface area contributed by atoms with E-state index < -0.39 is 12.4 Å². The van der Waals surface area contributed by atoms with Crippen LogP contribution in [0.3, 0.4) is 0 Å². The van der Waals surface area contributed by atoms with Gasteiger partial charge in [0.15, 0.2) is 0 Å². The monoisotopic (exact) mass is 321 g/mol. The van der Waals surface area contributed by atoms with Gasteiger partial charge in [0.25, 0.3) is 0 Å². The second-order valence-corrected chi connectivity index (χ2v) is 4.25. The fourth-order valence-electron chi connectivity index (χ4n) is 1.79. The van der Waals surface area contributed by atoms with Crippen molar-refractivity contribution in [3.05, 3.63) is 53.5 Å². The molecule has 1 heterocycles. The molecule has 0 aliphatic rings. The topological polar surface area (TPSA) is 48.4 Å². The van der Waals surface area contributed by atoms with E-state index >= 15 is 0 Å². The third-order valence-electron chi connectivity index (χ3n) is 2.81. The van der Waals surface area contributed by atoms with Gasteiger partial charge in [-0.15, -0.1) is 25.6 Å². The predicted molar refractivity (Wildman–Crippen MR) is 74.5 cm³/mol. The largest absolute Gasteiger partial charge is 0.573 e. The highest BCUT2D eigenvalue weighted by Gasteiger charge is 2.31. The van der Waals surface area contributed by atoms with Gasteiger partial charge in [-0.25, -0.2) is 0 Å². The smallest absolute Gasteiger partial charge is 0.464 e. The highest BCUT2D eigenvalue weighted by atomic mass is 35.5. The summed E-state index contributed by atoms with van der Waals surface area (Å²) in [5.74, 6) is 1.11. The van der Waals surface area contributed by atoms with Gasteiger partial charge in [0.05, 0.1) is 6.04 Å². The second kappa shape index (κ2) is 6.87. The fourth-order valence-corrected chi connectivity index (χ4v) is 1.79. The fraction of sp³-hybridized carbons (Fsp3) is 0.286. The Hall–Kier alpha value is -1.66. The van der Waals surface area contributed by atoms with E-state index in [0.29, 0.717) is 11.3 Å². The van der Waals surface area contributed by atoms with Crippen LogP contribution in [0, 0.1) is 0 Å². The molecule has 0 aliphatic heterocycles. The molecule has 0 radical (unpaired) electrons. The van der Waals surface area contributed by atoms with Crippen molar-refractivity contribution in [2.24, 2.45) is 5.73 Å². The molecule has 0 spiro atoms. The van der Waals surface area contributed by atoms with Gasteiger partial charge in [-0.1, -0.05) is 19.1 Å². The van der Waals surface area contributed by atoms with Gasteiger partial charge in [0.2, 0.25) is 0 Å². The molecule has 0 saturated carbocycles. The Kier molecular flexibility index (Phi) is 5.69. The van der Waals surface area contributed by atoms with Crippen molar-refractivity contribution < 1.29 is 22.3 Å². The standard InChI is InChI=1S/C14H14F3NO2.ClH/c1-2-10-7-8-12(19-10)13(18)9-3-5-11(6-4-9)20-14(15,16)17;/h3-8,13H,2,18H2,1H3;1H/t13-;/m0./s1. The quantitative estimate of drug-likeness (QED) is 0.917. The van der Waals surface area contributed by atoms with E-state index in [1.165, 1.54) is 24.3 Å². The Morgan fingerprint density at radius 3 is 2.24 bits per heavy atom. The zero-order valence-corrected chi connectivity index (χ0v) is 12.0. The molecule has 1 aromatic carbocycles. The van der Waals surface area contributed by atoms with Gasteiger partial charge in [0.1, 0.15) is 17.3 Å². The summed E-state index contributed by atoms with van der Waals surface area (Å²) >= 11 is 0. The average molecular weight is 322 g/mol. The van der Waals surface area contributed by atoms with E-state index in [4.69, 9.17) is 10.2 Å². The first-order chi connectivity index (χ1) is 9.39. The van der Waals surface area contributed by atoms with E-state index in [2.05, 4.69) is 4.74 Å². The maximum Gasteiger partial charge on any atom is 0.573 e. The molecular formula is C14H15ClF3NO2. The molecule has 0 bridgehead atoms. The van der Waals surface area contributed by atoms with Gasteiger partial charge < -0.3 is 14.9 Å². The highest BCUT2D eigenvalue weighted by Crippen LogP contribution is 2.26. The van der Waals surface area contributed by atoms with Crippen LogP contribution in [0.15, 0.2) is 40.8 Å². The van der Waals surface area contributed by atoms with E-state index in [0.717, 1.165) is 12.2 Å². The lowest BCUT2D eigenvalue weighted by Gasteiger charge is -2.12. The van der Waals surface area contributed by atoms with E-state index in [1.54, 1.807) is 6.07 Å². The molecule has 7 heteroatoms. The number of hydrogen-bond donors (Lipinski definition) is 1. The van der Waals surface area contributed by atoms with Gasteiger partial charge in [-0.05, 0) is 29.8 Å². The minimum absolute atomic E-state index is 0. The Morgan fingerprint density at radius 2 is 1.76 bits per heavy atom. The lowest BCUT2D eigenvalue weighted by molar-refractivity contribution is -0.274. The van der Waals surface area contributed by atoms with Crippen molar-refractivity contribution >= 4 is 12.4 Å². The van der Waals surface area contributed by atoms with Crippen molar-refractivity contribution in [2.75, 3.05) is 0 Å². The van der Waals surface area contributed by atoms with Gasteiger partial charge in [-0.3, -0.25) is 0 Å². The Bertz CT molecular complexity index is 566. The molecule has 0 fully saturated rings. The normalized spacial score (nSPS) is 12.6. The lowest BCUT2D eigenvalue weighted by Crippen LogP contribution is -2.17. The lowest BCUT2D eigenvalue weighted by atomic mass is 10.1. The number of furan rings is 1. The van der Waals surface area contributed by atoms with Crippen LogP contribution >= 0.6 is 12.4 Å². The van der Waals surface area contributed by atoms with Crippen molar-refractivity contribution in [3.8, 4) is 5.75 Å². The molecule has 2 aromatic rings. The minimum atomic E-state index is -4.69. The predicted octanol–water partition coefficient (Wildman–Crippen LogP) is 4.21.